The van der Waals surface area contributed by atoms with E-state index < -0.39 is 10.0 Å². The molecule has 0 radical (unpaired) electrons. The number of pyridine rings is 1. The molecule has 0 aliphatic carbocycles. The van der Waals surface area contributed by atoms with Crippen LogP contribution in [0, 0.1) is 5.92 Å². The first-order chi connectivity index (χ1) is 14.3. The quantitative estimate of drug-likeness (QED) is 0.680. The Labute approximate surface area is 178 Å². The average molecular weight is 438 g/mol. The smallest absolute Gasteiger partial charge is 0.244 e. The minimum Gasteiger partial charge on any atom is -0.353 e. The number of carbonyl (C=O) groups is 2. The van der Waals surface area contributed by atoms with Crippen LogP contribution >= 0.6 is 0 Å². The lowest BCUT2D eigenvalue weighted by molar-refractivity contribution is -0.138. The number of hydrogen-bond acceptors (Lipinski definition) is 6. The molecule has 0 saturated carbocycles. The summed E-state index contributed by atoms with van der Waals surface area (Å²) in [4.78, 5) is 32.8. The van der Waals surface area contributed by atoms with Gasteiger partial charge in [0, 0.05) is 63.6 Å². The molecule has 30 heavy (non-hydrogen) atoms. The fourth-order valence-corrected chi connectivity index (χ4v) is 5.38. The molecule has 3 heterocycles. The summed E-state index contributed by atoms with van der Waals surface area (Å²) in [6.07, 6.45) is 3.94. The Morgan fingerprint density at radius 1 is 1.13 bits per heavy atom. The second-order valence-corrected chi connectivity index (χ2v) is 10.1. The highest BCUT2D eigenvalue weighted by Crippen LogP contribution is 2.25. The maximum atomic E-state index is 12.9. The summed E-state index contributed by atoms with van der Waals surface area (Å²) in [5, 5.41) is 2.88. The van der Waals surface area contributed by atoms with Crippen LogP contribution in [0.2, 0.25) is 0 Å². The second-order valence-electron chi connectivity index (χ2n) is 8.19. The van der Waals surface area contributed by atoms with Gasteiger partial charge in [-0.3, -0.25) is 19.5 Å². The second kappa shape index (κ2) is 9.84. The van der Waals surface area contributed by atoms with Crippen molar-refractivity contribution in [3.8, 4) is 0 Å². The number of hydrogen-bond donors (Lipinski definition) is 1. The van der Waals surface area contributed by atoms with Gasteiger partial charge >= 0.3 is 0 Å². The highest BCUT2D eigenvalue weighted by atomic mass is 32.2. The van der Waals surface area contributed by atoms with E-state index in [-0.39, 0.29) is 28.7 Å². The molecule has 9 nitrogen and oxygen atoms in total. The molecule has 1 N–H and O–H groups in total. The standard InChI is InChI=1S/C20H31N5O4S/c1-16(2)22-19(26)15-23-10-12-24(13-11-23)20(27)17-5-8-25(9-6-17)30(28,29)18-4-3-7-21-14-18/h3-4,7,14,16-17H,5-6,8-13,15H2,1-2H3,(H,22,26). The highest BCUT2D eigenvalue weighted by molar-refractivity contribution is 7.89. The average Bonchev–Trinajstić information content (AvgIpc) is 2.74. The molecule has 2 fully saturated rings. The fourth-order valence-electron chi connectivity index (χ4n) is 3.95. The van der Waals surface area contributed by atoms with E-state index in [2.05, 4.69) is 15.2 Å². The van der Waals surface area contributed by atoms with Gasteiger partial charge in [0.05, 0.1) is 6.54 Å². The molecule has 2 aliphatic heterocycles. The third kappa shape index (κ3) is 5.55. The number of piperidine rings is 1. The zero-order valence-corrected chi connectivity index (χ0v) is 18.5. The van der Waals surface area contributed by atoms with Gasteiger partial charge in [-0.15, -0.1) is 0 Å². The monoisotopic (exact) mass is 437 g/mol. The molecule has 3 rings (SSSR count). The summed E-state index contributed by atoms with van der Waals surface area (Å²) in [6.45, 7) is 7.43. The molecule has 0 atom stereocenters. The Kier molecular flexibility index (Phi) is 7.43. The lowest BCUT2D eigenvalue weighted by Gasteiger charge is -2.38. The van der Waals surface area contributed by atoms with Crippen molar-refractivity contribution in [2.24, 2.45) is 5.92 Å². The summed E-state index contributed by atoms with van der Waals surface area (Å²) in [5.74, 6) is -0.0483. The number of amides is 2. The van der Waals surface area contributed by atoms with Gasteiger partial charge in [-0.1, -0.05) is 0 Å². The molecular formula is C20H31N5O4S. The summed E-state index contributed by atoms with van der Waals surface area (Å²) in [7, 11) is -3.56. The lowest BCUT2D eigenvalue weighted by atomic mass is 9.96. The van der Waals surface area contributed by atoms with Crippen LogP contribution in [0.3, 0.4) is 0 Å². The van der Waals surface area contributed by atoms with Crippen molar-refractivity contribution >= 4 is 21.8 Å². The van der Waals surface area contributed by atoms with Crippen LogP contribution in [0.25, 0.3) is 0 Å². The molecule has 0 unspecified atom stereocenters. The maximum Gasteiger partial charge on any atom is 0.244 e. The number of nitrogens with one attached hydrogen (secondary N) is 1. The molecule has 1 aromatic heterocycles. The predicted octanol–water partition coefficient (Wildman–Crippen LogP) is 0.151. The minimum atomic E-state index is -3.56. The molecule has 0 bridgehead atoms. The summed E-state index contributed by atoms with van der Waals surface area (Å²) >= 11 is 0. The molecule has 0 spiro atoms. The van der Waals surface area contributed by atoms with E-state index in [0.717, 1.165) is 0 Å². The number of nitrogens with zero attached hydrogens (tertiary/aromatic N) is 4. The first-order valence-electron chi connectivity index (χ1n) is 10.5. The molecule has 10 heteroatoms. The molecule has 1 aromatic rings. The largest absolute Gasteiger partial charge is 0.353 e. The minimum absolute atomic E-state index is 0.00646. The number of piperazine rings is 1. The number of rotatable bonds is 6. The first-order valence-corrected chi connectivity index (χ1v) is 11.9. The van der Waals surface area contributed by atoms with E-state index in [4.69, 9.17) is 0 Å². The van der Waals surface area contributed by atoms with Crippen molar-refractivity contribution in [2.45, 2.75) is 37.6 Å². The summed E-state index contributed by atoms with van der Waals surface area (Å²) < 4.78 is 26.9. The van der Waals surface area contributed by atoms with Crippen molar-refractivity contribution in [3.05, 3.63) is 24.5 Å². The molecule has 0 aromatic carbocycles. The van der Waals surface area contributed by atoms with E-state index in [1.54, 1.807) is 18.3 Å². The van der Waals surface area contributed by atoms with Crippen LogP contribution in [0.4, 0.5) is 0 Å². The van der Waals surface area contributed by atoms with Gasteiger partial charge in [0.25, 0.3) is 0 Å². The van der Waals surface area contributed by atoms with Crippen LogP contribution in [-0.4, -0.2) is 91.2 Å². The van der Waals surface area contributed by atoms with E-state index in [1.807, 2.05) is 18.7 Å². The Morgan fingerprint density at radius 3 is 2.37 bits per heavy atom. The van der Waals surface area contributed by atoms with Crippen LogP contribution in [0.1, 0.15) is 26.7 Å². The Balaban J connectivity index is 1.46. The van der Waals surface area contributed by atoms with Crippen molar-refractivity contribution in [3.63, 3.8) is 0 Å². The molecule has 2 amide bonds. The Bertz CT molecular complexity index is 830. The summed E-state index contributed by atoms with van der Waals surface area (Å²) in [5.41, 5.74) is 0. The fraction of sp³-hybridized carbons (Fsp3) is 0.650. The normalized spacial score (nSPS) is 19.8. The Hall–Kier alpha value is -2.04. The van der Waals surface area contributed by atoms with Crippen LogP contribution < -0.4 is 5.32 Å². The summed E-state index contributed by atoms with van der Waals surface area (Å²) in [6, 6.07) is 3.27. The lowest BCUT2D eigenvalue weighted by Crippen LogP contribution is -2.53. The number of carbonyl (C=O) groups excluding carboxylic acids is 2. The zero-order chi connectivity index (χ0) is 21.7. The van der Waals surface area contributed by atoms with Gasteiger partial charge in [-0.2, -0.15) is 4.31 Å². The van der Waals surface area contributed by atoms with Crippen molar-refractivity contribution in [1.82, 2.24) is 24.4 Å². The Morgan fingerprint density at radius 2 is 1.80 bits per heavy atom. The molecular weight excluding hydrogens is 406 g/mol. The van der Waals surface area contributed by atoms with Gasteiger partial charge in [0.1, 0.15) is 4.90 Å². The van der Waals surface area contributed by atoms with E-state index >= 15 is 0 Å². The molecule has 166 valence electrons. The van der Waals surface area contributed by atoms with Crippen LogP contribution in [0.15, 0.2) is 29.4 Å². The van der Waals surface area contributed by atoms with Crippen LogP contribution in [-0.2, 0) is 19.6 Å². The van der Waals surface area contributed by atoms with E-state index in [1.165, 1.54) is 10.5 Å². The van der Waals surface area contributed by atoms with Gasteiger partial charge < -0.3 is 10.2 Å². The SMILES string of the molecule is CC(C)NC(=O)CN1CCN(C(=O)C2CCN(S(=O)(=O)c3cccnc3)CC2)CC1. The number of sulfonamides is 1. The maximum absolute atomic E-state index is 12.9. The third-order valence-electron chi connectivity index (χ3n) is 5.58. The topological polar surface area (TPSA) is 103 Å². The first kappa shape index (κ1) is 22.6. The van der Waals surface area contributed by atoms with Gasteiger partial charge in [-0.05, 0) is 38.8 Å². The van der Waals surface area contributed by atoms with Gasteiger partial charge in [0.15, 0.2) is 0 Å². The van der Waals surface area contributed by atoms with Crippen molar-refractivity contribution in [1.29, 1.82) is 0 Å². The number of aromatic nitrogens is 1. The third-order valence-corrected chi connectivity index (χ3v) is 7.46. The zero-order valence-electron chi connectivity index (χ0n) is 17.7. The van der Waals surface area contributed by atoms with E-state index in [9.17, 15) is 18.0 Å². The molecule has 2 saturated heterocycles. The van der Waals surface area contributed by atoms with Crippen LogP contribution in [0.5, 0.6) is 0 Å². The molecule has 2 aliphatic rings. The van der Waals surface area contributed by atoms with Gasteiger partial charge in [0.2, 0.25) is 21.8 Å². The van der Waals surface area contributed by atoms with Crippen molar-refractivity contribution in [2.75, 3.05) is 45.8 Å². The van der Waals surface area contributed by atoms with E-state index in [0.29, 0.717) is 58.7 Å². The highest BCUT2D eigenvalue weighted by Gasteiger charge is 2.34. The van der Waals surface area contributed by atoms with Crippen molar-refractivity contribution < 1.29 is 18.0 Å². The predicted molar refractivity (Wildman–Crippen MR) is 112 cm³/mol. The van der Waals surface area contributed by atoms with Gasteiger partial charge in [-0.25, -0.2) is 8.42 Å².